The lowest BCUT2D eigenvalue weighted by molar-refractivity contribution is -0.0383. The third-order valence-electron chi connectivity index (χ3n) is 6.41. The van der Waals surface area contributed by atoms with Crippen molar-refractivity contribution in [3.8, 4) is 22.6 Å². The van der Waals surface area contributed by atoms with Crippen molar-refractivity contribution in [2.45, 2.75) is 37.5 Å². The van der Waals surface area contributed by atoms with Crippen LogP contribution in [-0.4, -0.2) is 67.6 Å². The number of nitrogens with zero attached hydrogens (tertiary/aromatic N) is 5. The Labute approximate surface area is 189 Å². The van der Waals surface area contributed by atoms with E-state index >= 15 is 0 Å². The number of aliphatic hydroxyl groups is 1. The Morgan fingerprint density at radius 1 is 1.24 bits per heavy atom. The van der Waals surface area contributed by atoms with E-state index in [0.717, 1.165) is 42.0 Å². The second kappa shape index (κ2) is 7.82. The number of nitrogens with one attached hydrogen (secondary N) is 2. The van der Waals surface area contributed by atoms with Gasteiger partial charge in [0.05, 0.1) is 30.6 Å². The molecule has 1 amide bonds. The maximum atomic E-state index is 12.8. The number of hydrogen-bond acceptors (Lipinski definition) is 7. The fraction of sp³-hybridized carbons (Fsp3) is 0.391. The summed E-state index contributed by atoms with van der Waals surface area (Å²) in [5, 5.41) is 21.0. The highest BCUT2D eigenvalue weighted by Crippen LogP contribution is 2.36. The molecule has 33 heavy (non-hydrogen) atoms. The Morgan fingerprint density at radius 3 is 2.91 bits per heavy atom. The number of anilines is 1. The molecule has 2 atom stereocenters. The summed E-state index contributed by atoms with van der Waals surface area (Å²) < 4.78 is 9.06. The second-order valence-electron chi connectivity index (χ2n) is 8.64. The maximum absolute atomic E-state index is 12.8. The van der Waals surface area contributed by atoms with Gasteiger partial charge in [0.15, 0.2) is 5.65 Å². The first kappa shape index (κ1) is 20.1. The number of ether oxygens (including phenoxy) is 1. The number of carbonyl (C=O) groups is 1. The van der Waals surface area contributed by atoms with Crippen LogP contribution >= 0.6 is 0 Å². The molecule has 3 N–H and O–H groups in total. The molecule has 3 aliphatic heterocycles. The summed E-state index contributed by atoms with van der Waals surface area (Å²) in [5.74, 6) is 1.35. The topological polar surface area (TPSA) is 119 Å². The van der Waals surface area contributed by atoms with Crippen molar-refractivity contribution >= 4 is 17.4 Å². The van der Waals surface area contributed by atoms with Crippen molar-refractivity contribution in [1.29, 1.82) is 0 Å². The number of amides is 1. The highest BCUT2D eigenvalue weighted by Gasteiger charge is 2.29. The van der Waals surface area contributed by atoms with Crippen molar-refractivity contribution in [3.63, 3.8) is 0 Å². The van der Waals surface area contributed by atoms with Gasteiger partial charge in [-0.25, -0.2) is 9.97 Å². The van der Waals surface area contributed by atoms with Crippen LogP contribution in [0, 0.1) is 0 Å². The van der Waals surface area contributed by atoms with Gasteiger partial charge in [0, 0.05) is 49.3 Å². The predicted molar refractivity (Wildman–Crippen MR) is 121 cm³/mol. The minimum absolute atomic E-state index is 0.0962. The Bertz CT molecular complexity index is 1310. The molecule has 5 heterocycles. The third kappa shape index (κ3) is 3.42. The smallest absolute Gasteiger partial charge is 0.256 e. The van der Waals surface area contributed by atoms with Gasteiger partial charge in [-0.15, -0.1) is 0 Å². The van der Waals surface area contributed by atoms with Crippen LogP contribution in [0.3, 0.4) is 0 Å². The Morgan fingerprint density at radius 2 is 2.12 bits per heavy atom. The van der Waals surface area contributed by atoms with Crippen LogP contribution in [0.1, 0.15) is 35.7 Å². The molecule has 0 spiro atoms. The zero-order valence-corrected chi connectivity index (χ0v) is 18.2. The van der Waals surface area contributed by atoms with E-state index in [0.29, 0.717) is 30.1 Å². The van der Waals surface area contributed by atoms with Crippen LogP contribution in [0.4, 0.5) is 5.82 Å². The summed E-state index contributed by atoms with van der Waals surface area (Å²) in [6.45, 7) is 0.924. The van der Waals surface area contributed by atoms with Crippen molar-refractivity contribution in [3.05, 3.63) is 42.4 Å². The summed E-state index contributed by atoms with van der Waals surface area (Å²) in [6, 6.07) is 6.02. The van der Waals surface area contributed by atoms with E-state index in [1.165, 1.54) is 0 Å². The molecular weight excluding hydrogens is 422 g/mol. The Hall–Kier alpha value is -3.50. The lowest BCUT2D eigenvalue weighted by atomic mass is 10.0. The highest BCUT2D eigenvalue weighted by molar-refractivity contribution is 6.00. The second-order valence-corrected chi connectivity index (χ2v) is 8.64. The quantitative estimate of drug-likeness (QED) is 0.428. The number of hydrogen-bond donors (Lipinski definition) is 3. The standard InChI is InChI=1S/C23H25N7O3/c1-24-20-9-17(28-22-16(11-26-30(20)22)23(32)27-13-4-5-13)15-10-25-21-14(15)3-2-7-29(21)18-6-8-33-12-19(18)31/h2-3,7,9-11,13,18-19,24,31H,4-6,8,12H2,1H3,(H,27,32)/t18-,19-/m1/s1. The van der Waals surface area contributed by atoms with Crippen molar-refractivity contribution < 1.29 is 14.6 Å². The SMILES string of the molecule is CNc1cc(-c2cnc3n([C@@H]4CCOC[C@H]4O)cccc2-3)nc2c(C(=O)NC3CC3)cnn12. The Balaban J connectivity index is 1.43. The van der Waals surface area contributed by atoms with E-state index < -0.39 is 6.10 Å². The summed E-state index contributed by atoms with van der Waals surface area (Å²) in [5.41, 5.74) is 3.42. The van der Waals surface area contributed by atoms with Crippen LogP contribution in [0.5, 0.6) is 0 Å². The number of aromatic nitrogens is 5. The molecular formula is C23H25N7O3. The summed E-state index contributed by atoms with van der Waals surface area (Å²) in [7, 11) is 1.81. The molecule has 2 fully saturated rings. The first-order chi connectivity index (χ1) is 16.1. The first-order valence-corrected chi connectivity index (χ1v) is 11.2. The van der Waals surface area contributed by atoms with E-state index in [2.05, 4.69) is 20.7 Å². The van der Waals surface area contributed by atoms with Crippen molar-refractivity contribution in [2.24, 2.45) is 0 Å². The molecule has 10 nitrogen and oxygen atoms in total. The largest absolute Gasteiger partial charge is 0.389 e. The minimum atomic E-state index is -0.584. The average Bonchev–Trinajstić information content (AvgIpc) is 3.37. The number of fused-ring (bicyclic) bond motifs is 2. The van der Waals surface area contributed by atoms with Gasteiger partial charge in [-0.1, -0.05) is 0 Å². The molecule has 1 saturated heterocycles. The molecule has 2 aromatic rings. The van der Waals surface area contributed by atoms with Gasteiger partial charge in [-0.2, -0.15) is 9.61 Å². The highest BCUT2D eigenvalue weighted by atomic mass is 16.5. The normalized spacial score (nSPS) is 20.9. The van der Waals surface area contributed by atoms with Gasteiger partial charge < -0.3 is 25.0 Å². The number of rotatable bonds is 5. The van der Waals surface area contributed by atoms with Crippen LogP contribution in [0.25, 0.3) is 28.3 Å². The molecule has 0 bridgehead atoms. The van der Waals surface area contributed by atoms with Crippen molar-refractivity contribution in [1.82, 2.24) is 29.5 Å². The van der Waals surface area contributed by atoms with Gasteiger partial charge in [0.2, 0.25) is 0 Å². The van der Waals surface area contributed by atoms with Crippen LogP contribution < -0.4 is 10.6 Å². The van der Waals surface area contributed by atoms with Crippen molar-refractivity contribution in [2.75, 3.05) is 25.6 Å². The van der Waals surface area contributed by atoms with Crippen LogP contribution in [-0.2, 0) is 4.74 Å². The van der Waals surface area contributed by atoms with E-state index in [9.17, 15) is 9.90 Å². The van der Waals surface area contributed by atoms with Gasteiger partial charge in [0.1, 0.15) is 17.2 Å². The van der Waals surface area contributed by atoms with Gasteiger partial charge in [-0.05, 0) is 31.4 Å². The predicted octanol–water partition coefficient (Wildman–Crippen LogP) is 1.95. The van der Waals surface area contributed by atoms with Gasteiger partial charge >= 0.3 is 0 Å². The molecule has 4 aliphatic rings. The minimum Gasteiger partial charge on any atom is -0.389 e. The third-order valence-corrected chi connectivity index (χ3v) is 6.41. The molecule has 0 radical (unpaired) electrons. The van der Waals surface area contributed by atoms with Gasteiger partial charge in [0.25, 0.3) is 5.91 Å². The molecule has 0 aromatic carbocycles. The lowest BCUT2D eigenvalue weighted by Gasteiger charge is -2.31. The number of aliphatic hydroxyl groups excluding tert-OH is 1. The molecule has 170 valence electrons. The molecule has 6 rings (SSSR count). The zero-order chi connectivity index (χ0) is 22.5. The molecule has 0 unspecified atom stereocenters. The van der Waals surface area contributed by atoms with Crippen LogP contribution in [0.15, 0.2) is 36.8 Å². The Kier molecular flexibility index (Phi) is 4.77. The lowest BCUT2D eigenvalue weighted by Crippen LogP contribution is -2.34. The molecule has 10 heteroatoms. The molecule has 1 saturated carbocycles. The maximum Gasteiger partial charge on any atom is 0.256 e. The number of pyridine rings is 1. The van der Waals surface area contributed by atoms with E-state index in [-0.39, 0.29) is 18.0 Å². The average molecular weight is 447 g/mol. The van der Waals surface area contributed by atoms with E-state index in [4.69, 9.17) is 9.72 Å². The molecule has 1 aliphatic carbocycles. The fourth-order valence-corrected chi connectivity index (χ4v) is 4.50. The van der Waals surface area contributed by atoms with E-state index in [1.54, 1.807) is 16.9 Å². The molecule has 2 aromatic heterocycles. The monoisotopic (exact) mass is 447 g/mol. The summed E-state index contributed by atoms with van der Waals surface area (Å²) >= 11 is 0. The first-order valence-electron chi connectivity index (χ1n) is 11.2. The van der Waals surface area contributed by atoms with Crippen LogP contribution in [0.2, 0.25) is 0 Å². The van der Waals surface area contributed by atoms with E-state index in [1.807, 2.05) is 36.0 Å². The summed E-state index contributed by atoms with van der Waals surface area (Å²) in [6.07, 6.45) is 7.47. The number of carbonyl (C=O) groups excluding carboxylic acids is 1. The summed E-state index contributed by atoms with van der Waals surface area (Å²) in [4.78, 5) is 22.3. The fourth-order valence-electron chi connectivity index (χ4n) is 4.50. The van der Waals surface area contributed by atoms with Gasteiger partial charge in [-0.3, -0.25) is 4.79 Å². The zero-order valence-electron chi connectivity index (χ0n) is 18.2.